The second-order valence-corrected chi connectivity index (χ2v) is 8.49. The minimum Gasteiger partial charge on any atom is -0.350 e. The first-order chi connectivity index (χ1) is 12.1. The van der Waals surface area contributed by atoms with E-state index >= 15 is 0 Å². The molecule has 2 aliphatic rings. The van der Waals surface area contributed by atoms with Crippen LogP contribution in [0.2, 0.25) is 0 Å². The molecule has 0 bridgehead atoms. The van der Waals surface area contributed by atoms with E-state index < -0.39 is 10.0 Å². The third kappa shape index (κ3) is 3.13. The first-order valence-corrected chi connectivity index (χ1v) is 10.0. The largest absolute Gasteiger partial charge is 0.350 e. The van der Waals surface area contributed by atoms with E-state index in [1.54, 1.807) is 34.6 Å². The number of aryl methyl sites for hydroxylation is 1. The van der Waals surface area contributed by atoms with E-state index in [0.717, 1.165) is 18.7 Å². The summed E-state index contributed by atoms with van der Waals surface area (Å²) in [7, 11) is -1.82. The second kappa shape index (κ2) is 6.38. The maximum atomic E-state index is 12.8. The van der Waals surface area contributed by atoms with E-state index in [2.05, 4.69) is 19.9 Å². The Labute approximate surface area is 147 Å². The van der Waals surface area contributed by atoms with E-state index in [0.29, 0.717) is 25.2 Å². The maximum absolute atomic E-state index is 12.8. The van der Waals surface area contributed by atoms with Gasteiger partial charge in [-0.15, -0.1) is 0 Å². The normalized spacial score (nSPS) is 19.9. The summed E-state index contributed by atoms with van der Waals surface area (Å²) in [6.07, 6.45) is 10.5. The van der Waals surface area contributed by atoms with Crippen molar-refractivity contribution < 1.29 is 8.42 Å². The van der Waals surface area contributed by atoms with Gasteiger partial charge in [-0.1, -0.05) is 0 Å². The Morgan fingerprint density at radius 1 is 1.08 bits per heavy atom. The molecular formula is C16H22N6O2S. The number of anilines is 1. The van der Waals surface area contributed by atoms with Gasteiger partial charge in [0.1, 0.15) is 12.1 Å². The smallest absolute Gasteiger partial charge is 0.277 e. The maximum Gasteiger partial charge on any atom is 0.277 e. The lowest BCUT2D eigenvalue weighted by Gasteiger charge is -2.38. The van der Waals surface area contributed by atoms with Crippen molar-refractivity contribution in [1.82, 2.24) is 23.8 Å². The van der Waals surface area contributed by atoms with Crippen LogP contribution in [-0.4, -0.2) is 57.4 Å². The summed E-state index contributed by atoms with van der Waals surface area (Å²) in [5.74, 6) is 0.947. The quantitative estimate of drug-likeness (QED) is 0.790. The minimum absolute atomic E-state index is 0.112. The Balaban J connectivity index is 1.49. The van der Waals surface area contributed by atoms with Crippen molar-refractivity contribution in [3.05, 3.63) is 31.0 Å². The van der Waals surface area contributed by atoms with Gasteiger partial charge in [0.05, 0.1) is 0 Å². The van der Waals surface area contributed by atoms with Crippen molar-refractivity contribution in [3.8, 4) is 0 Å². The highest BCUT2D eigenvalue weighted by Gasteiger charge is 2.39. The lowest BCUT2D eigenvalue weighted by Crippen LogP contribution is -2.48. The summed E-state index contributed by atoms with van der Waals surface area (Å²) in [4.78, 5) is 14.8. The fourth-order valence-corrected chi connectivity index (χ4v) is 5.08. The zero-order valence-corrected chi connectivity index (χ0v) is 15.0. The van der Waals surface area contributed by atoms with E-state index in [1.165, 1.54) is 19.0 Å². The zero-order chi connectivity index (χ0) is 17.4. The molecule has 2 aromatic heterocycles. The van der Waals surface area contributed by atoms with Crippen molar-refractivity contribution in [2.45, 2.75) is 42.9 Å². The van der Waals surface area contributed by atoms with E-state index in [4.69, 9.17) is 0 Å². The monoisotopic (exact) mass is 362 g/mol. The molecule has 2 aromatic rings. The first kappa shape index (κ1) is 16.5. The Hall–Kier alpha value is -2.00. The lowest BCUT2D eigenvalue weighted by atomic mass is 10.0. The Morgan fingerprint density at radius 2 is 1.80 bits per heavy atom. The number of piperidine rings is 1. The molecule has 0 aromatic carbocycles. The van der Waals surface area contributed by atoms with E-state index in [1.807, 2.05) is 6.07 Å². The Morgan fingerprint density at radius 3 is 2.36 bits per heavy atom. The molecule has 0 unspecified atom stereocenters. The molecular weight excluding hydrogens is 340 g/mol. The molecule has 1 saturated heterocycles. The minimum atomic E-state index is -3.53. The van der Waals surface area contributed by atoms with Gasteiger partial charge in [0.15, 0.2) is 0 Å². The molecule has 0 amide bonds. The summed E-state index contributed by atoms with van der Waals surface area (Å²) in [6.45, 7) is 1.02. The molecule has 9 heteroatoms. The molecule has 4 rings (SSSR count). The lowest BCUT2D eigenvalue weighted by molar-refractivity contribution is 0.305. The number of hydrogen-bond donors (Lipinski definition) is 0. The van der Waals surface area contributed by atoms with Crippen LogP contribution >= 0.6 is 0 Å². The van der Waals surface area contributed by atoms with Crippen LogP contribution in [0.25, 0.3) is 0 Å². The third-order valence-electron chi connectivity index (χ3n) is 4.94. The van der Waals surface area contributed by atoms with Gasteiger partial charge in [0.2, 0.25) is 5.16 Å². The zero-order valence-electron chi connectivity index (χ0n) is 14.2. The van der Waals surface area contributed by atoms with E-state index in [9.17, 15) is 8.42 Å². The highest BCUT2D eigenvalue weighted by molar-refractivity contribution is 7.89. The highest BCUT2D eigenvalue weighted by Crippen LogP contribution is 2.35. The Kier molecular flexibility index (Phi) is 4.20. The van der Waals surface area contributed by atoms with Gasteiger partial charge in [0, 0.05) is 50.8 Å². The molecule has 0 spiro atoms. The molecule has 3 heterocycles. The summed E-state index contributed by atoms with van der Waals surface area (Å²) in [6, 6.07) is 2.78. The number of aromatic nitrogens is 4. The molecule has 8 nitrogen and oxygen atoms in total. The summed E-state index contributed by atoms with van der Waals surface area (Å²) >= 11 is 0. The Bertz CT molecular complexity index is 825. The van der Waals surface area contributed by atoms with Gasteiger partial charge < -0.3 is 9.47 Å². The van der Waals surface area contributed by atoms with Crippen molar-refractivity contribution in [2.75, 3.05) is 18.0 Å². The molecule has 0 radical (unpaired) electrons. The first-order valence-electron chi connectivity index (χ1n) is 8.59. The standard InChI is InChI=1S/C16H22N6O2S/c1-20-11-8-18-16(20)25(23,24)21-9-5-14(6-10-21)22(13-2-3-13)15-4-7-17-12-19-15/h4,7-8,11-14H,2-3,5-6,9-10H2,1H3. The predicted molar refractivity (Wildman–Crippen MR) is 92.5 cm³/mol. The van der Waals surface area contributed by atoms with Gasteiger partial charge in [-0.25, -0.2) is 23.4 Å². The van der Waals surface area contributed by atoms with Gasteiger partial charge in [-0.05, 0) is 31.7 Å². The van der Waals surface area contributed by atoms with Crippen LogP contribution in [0.3, 0.4) is 0 Å². The molecule has 25 heavy (non-hydrogen) atoms. The fraction of sp³-hybridized carbons (Fsp3) is 0.562. The van der Waals surface area contributed by atoms with Crippen LogP contribution in [-0.2, 0) is 17.1 Å². The third-order valence-corrected chi connectivity index (χ3v) is 6.84. The van der Waals surface area contributed by atoms with E-state index in [-0.39, 0.29) is 5.16 Å². The molecule has 0 N–H and O–H groups in total. The predicted octanol–water partition coefficient (Wildman–Crippen LogP) is 1.03. The van der Waals surface area contributed by atoms with Crippen LogP contribution in [0.4, 0.5) is 5.82 Å². The van der Waals surface area contributed by atoms with Crippen molar-refractivity contribution in [3.63, 3.8) is 0 Å². The molecule has 1 aliphatic heterocycles. The molecule has 1 saturated carbocycles. The number of rotatable bonds is 5. The topological polar surface area (TPSA) is 84.2 Å². The van der Waals surface area contributed by atoms with Crippen LogP contribution in [0, 0.1) is 0 Å². The summed E-state index contributed by atoms with van der Waals surface area (Å²) < 4.78 is 28.6. The van der Waals surface area contributed by atoms with Crippen LogP contribution < -0.4 is 4.90 Å². The number of imidazole rings is 1. The van der Waals surface area contributed by atoms with Gasteiger partial charge in [-0.2, -0.15) is 4.31 Å². The average Bonchev–Trinajstić information content (AvgIpc) is 3.35. The van der Waals surface area contributed by atoms with Crippen molar-refractivity contribution >= 4 is 15.8 Å². The summed E-state index contributed by atoms with van der Waals surface area (Å²) in [5, 5.41) is 0.112. The SMILES string of the molecule is Cn1ccnc1S(=O)(=O)N1CCC(N(c2ccncn2)C2CC2)CC1. The van der Waals surface area contributed by atoms with Gasteiger partial charge >= 0.3 is 0 Å². The fourth-order valence-electron chi connectivity index (χ4n) is 3.54. The van der Waals surface area contributed by atoms with Gasteiger partial charge in [-0.3, -0.25) is 0 Å². The number of sulfonamides is 1. The van der Waals surface area contributed by atoms with Gasteiger partial charge in [0.25, 0.3) is 10.0 Å². The number of hydrogen-bond acceptors (Lipinski definition) is 6. The number of nitrogens with zero attached hydrogens (tertiary/aromatic N) is 6. The van der Waals surface area contributed by atoms with Crippen LogP contribution in [0.5, 0.6) is 0 Å². The second-order valence-electron chi connectivity index (χ2n) is 6.66. The van der Waals surface area contributed by atoms with Crippen molar-refractivity contribution in [2.24, 2.45) is 7.05 Å². The van der Waals surface area contributed by atoms with Crippen molar-refractivity contribution in [1.29, 1.82) is 0 Å². The van der Waals surface area contributed by atoms with Crippen LogP contribution in [0.1, 0.15) is 25.7 Å². The highest BCUT2D eigenvalue weighted by atomic mass is 32.2. The molecule has 134 valence electrons. The average molecular weight is 362 g/mol. The molecule has 0 atom stereocenters. The van der Waals surface area contributed by atoms with Crippen LogP contribution in [0.15, 0.2) is 36.1 Å². The molecule has 2 fully saturated rings. The summed E-state index contributed by atoms with van der Waals surface area (Å²) in [5.41, 5.74) is 0. The molecule has 1 aliphatic carbocycles.